The number of nitrogens with one attached hydrogen (secondary N) is 1. The van der Waals surface area contributed by atoms with Crippen molar-refractivity contribution in [1.29, 1.82) is 0 Å². The molecule has 0 aliphatic carbocycles. The summed E-state index contributed by atoms with van der Waals surface area (Å²) in [5, 5.41) is 14.1. The second-order valence-electron chi connectivity index (χ2n) is 32.6. The molecule has 6 heterocycles. The maximum atomic E-state index is 13.0. The van der Waals surface area contributed by atoms with Crippen molar-refractivity contribution >= 4 is 30.6 Å². The van der Waals surface area contributed by atoms with E-state index >= 15 is 0 Å². The SMILES string of the molecule is CNC1[C@H](OC)OC(CO[Si](c2ccccc2)(c2ccccc2)C(C)(C)C)[C@@H](O[C@@H]2OC(C)[C@H](O[C@@H]3OC(COC(C)=O)[C@@H](O[C@@H]4OC(C)[C@H](O[C@@H]5OC(COC(C)=O)[C@@H](O[C@@H]6OC(C)[C@@H](C)[C@@H](OCc7ccccc7)C6C)[C@H](C)C5N=[N+]=[N-])[C@@H](OCc5ccccc5)C4C)[C@H](C)C3N=[N+]=[N-])[C@@H](OCc3ccccc3)C2C)[C@@H]1C. The van der Waals surface area contributed by atoms with Gasteiger partial charge in [-0.2, -0.15) is 0 Å². The third-order valence-corrected chi connectivity index (χ3v) is 28.8. The molecule has 28 heteroatoms. The van der Waals surface area contributed by atoms with Crippen molar-refractivity contribution in [1.82, 2.24) is 5.32 Å². The summed E-state index contributed by atoms with van der Waals surface area (Å²) in [6.45, 7) is 29.2. The first-order valence-corrected chi connectivity index (χ1v) is 42.2. The topological polar surface area (TPSA) is 310 Å². The second-order valence-corrected chi connectivity index (χ2v) is 36.9. The minimum Gasteiger partial charge on any atom is -0.463 e. The predicted octanol–water partition coefficient (Wildman–Crippen LogP) is 12.8. The van der Waals surface area contributed by atoms with Crippen molar-refractivity contribution in [3.8, 4) is 0 Å². The minimum atomic E-state index is -3.10. The summed E-state index contributed by atoms with van der Waals surface area (Å²) in [5.74, 6) is -4.15. The van der Waals surface area contributed by atoms with E-state index in [4.69, 9.17) is 85.0 Å². The molecule has 0 radical (unpaired) electrons. The number of likely N-dealkylation sites (N-methyl/N-ethyl adjacent to an activating group) is 1. The molecule has 114 heavy (non-hydrogen) atoms. The van der Waals surface area contributed by atoms with Crippen LogP contribution >= 0.6 is 0 Å². The smallest absolute Gasteiger partial charge is 0.302 e. The molecular weight excluding hydrogens is 1480 g/mol. The number of nitrogens with zero attached hydrogens (tertiary/aromatic N) is 6. The predicted molar refractivity (Wildman–Crippen MR) is 425 cm³/mol. The number of esters is 2. The second kappa shape index (κ2) is 40.6. The molecule has 0 bridgehead atoms. The molecule has 1 N–H and O–H groups in total. The molecule has 6 saturated heterocycles. The van der Waals surface area contributed by atoms with Gasteiger partial charge in [0.05, 0.1) is 99.5 Å². The fourth-order valence-corrected chi connectivity index (χ4v) is 21.9. The molecule has 622 valence electrons. The van der Waals surface area contributed by atoms with Crippen molar-refractivity contribution in [3.63, 3.8) is 0 Å². The Morgan fingerprint density at radius 3 is 1.11 bits per heavy atom. The van der Waals surface area contributed by atoms with E-state index in [0.29, 0.717) is 6.61 Å². The quantitative estimate of drug-likeness (QED) is 0.0137. The molecule has 0 aromatic heterocycles. The molecule has 27 nitrogen and oxygen atoms in total. The minimum absolute atomic E-state index is 0.00628. The van der Waals surface area contributed by atoms with E-state index < -0.39 is 167 Å². The number of benzene rings is 5. The number of rotatable bonds is 32. The summed E-state index contributed by atoms with van der Waals surface area (Å²) in [7, 11) is 0.426. The fourth-order valence-electron chi connectivity index (χ4n) is 17.4. The van der Waals surface area contributed by atoms with E-state index in [1.807, 2.05) is 166 Å². The largest absolute Gasteiger partial charge is 0.463 e. The first kappa shape index (κ1) is 88.0. The van der Waals surface area contributed by atoms with Crippen LogP contribution in [-0.2, 0) is 114 Å². The number of azide groups is 2. The van der Waals surface area contributed by atoms with Crippen LogP contribution in [0.15, 0.2) is 162 Å². The van der Waals surface area contributed by atoms with Gasteiger partial charge in [0.2, 0.25) is 0 Å². The molecule has 6 fully saturated rings. The third-order valence-electron chi connectivity index (χ3n) is 23.8. The molecule has 0 spiro atoms. The zero-order valence-electron chi connectivity index (χ0n) is 68.8. The summed E-state index contributed by atoms with van der Waals surface area (Å²) in [5.41, 5.74) is 23.7. The summed E-state index contributed by atoms with van der Waals surface area (Å²) in [4.78, 5) is 32.3. The van der Waals surface area contributed by atoms with Gasteiger partial charge in [0.25, 0.3) is 8.32 Å². The van der Waals surface area contributed by atoms with Crippen molar-refractivity contribution in [3.05, 3.63) is 189 Å². The summed E-state index contributed by atoms with van der Waals surface area (Å²) >= 11 is 0. The molecule has 0 saturated carbocycles. The maximum Gasteiger partial charge on any atom is 0.302 e. The molecule has 6 aliphatic heterocycles. The van der Waals surface area contributed by atoms with Crippen LogP contribution < -0.4 is 15.7 Å². The Labute approximate surface area is 672 Å². The van der Waals surface area contributed by atoms with Gasteiger partial charge in [-0.25, -0.2) is 0 Å². The molecule has 6 aliphatic rings. The first-order valence-electron chi connectivity index (χ1n) is 40.3. The van der Waals surface area contributed by atoms with Crippen LogP contribution in [0.4, 0.5) is 0 Å². The molecule has 12 unspecified atom stereocenters. The monoisotopic (exact) mass is 1600 g/mol. The number of ether oxygens (including phenoxy) is 17. The van der Waals surface area contributed by atoms with Gasteiger partial charge in [-0.1, -0.05) is 231 Å². The fraction of sp³-hybridized carbons (Fsp3) is 0.628. The average molecular weight is 1600 g/mol. The highest BCUT2D eigenvalue weighted by atomic mass is 28.4. The molecule has 5 aromatic rings. The highest BCUT2D eigenvalue weighted by Crippen LogP contribution is 2.45. The van der Waals surface area contributed by atoms with Gasteiger partial charge in [0.1, 0.15) is 43.7 Å². The van der Waals surface area contributed by atoms with Crippen LogP contribution in [0.2, 0.25) is 5.04 Å². The molecular formula is C86H119N7O20Si. The van der Waals surface area contributed by atoms with Crippen molar-refractivity contribution in [2.75, 3.05) is 34.0 Å². The number of hydrogen-bond acceptors (Lipinski definition) is 23. The zero-order valence-corrected chi connectivity index (χ0v) is 69.8. The Bertz CT molecular complexity index is 3860. The normalized spacial score (nSPS) is 36.0. The zero-order chi connectivity index (χ0) is 81.5. The van der Waals surface area contributed by atoms with Crippen molar-refractivity contribution in [2.45, 2.75) is 270 Å². The number of carbonyl (C=O) groups is 2. The lowest BCUT2D eigenvalue weighted by Crippen LogP contribution is -2.68. The van der Waals surface area contributed by atoms with Crippen LogP contribution in [0.5, 0.6) is 0 Å². The van der Waals surface area contributed by atoms with E-state index in [1.165, 1.54) is 13.8 Å². The Morgan fingerprint density at radius 1 is 0.412 bits per heavy atom. The van der Waals surface area contributed by atoms with Gasteiger partial charge in [-0.05, 0) is 82.8 Å². The summed E-state index contributed by atoms with van der Waals surface area (Å²) < 4.78 is 123. The lowest BCUT2D eigenvalue weighted by Gasteiger charge is -2.52. The van der Waals surface area contributed by atoms with Gasteiger partial charge in [0.15, 0.2) is 37.7 Å². The highest BCUT2D eigenvalue weighted by molar-refractivity contribution is 6.99. The lowest BCUT2D eigenvalue weighted by molar-refractivity contribution is -0.370. The number of methoxy groups -OCH3 is 1. The van der Waals surface area contributed by atoms with Crippen LogP contribution in [0.3, 0.4) is 0 Å². The maximum absolute atomic E-state index is 13.0. The lowest BCUT2D eigenvalue weighted by atomic mass is 9.85. The van der Waals surface area contributed by atoms with E-state index in [2.05, 4.69) is 109 Å². The van der Waals surface area contributed by atoms with Gasteiger partial charge >= 0.3 is 11.9 Å². The van der Waals surface area contributed by atoms with Gasteiger partial charge in [0, 0.05) is 60.4 Å². The molecule has 0 amide bonds. The van der Waals surface area contributed by atoms with Crippen LogP contribution in [0.1, 0.15) is 121 Å². The Kier molecular flexibility index (Phi) is 31.3. The van der Waals surface area contributed by atoms with E-state index in [0.717, 1.165) is 27.1 Å². The number of hydrogen-bond donors (Lipinski definition) is 1. The number of carbonyl (C=O) groups excluding carboxylic acids is 2. The summed E-state index contributed by atoms with van der Waals surface area (Å²) in [6, 6.07) is 48.0. The molecule has 11 rings (SSSR count). The Hall–Kier alpha value is -6.80. The van der Waals surface area contributed by atoms with Crippen molar-refractivity contribution < 1.29 is 94.5 Å². The first-order chi connectivity index (χ1) is 54.8. The van der Waals surface area contributed by atoms with E-state index in [1.54, 1.807) is 7.11 Å². The Balaban J connectivity index is 0.847. The molecule has 30 atom stereocenters. The molecule has 5 aromatic carbocycles. The van der Waals surface area contributed by atoms with Gasteiger partial charge in [-0.3, -0.25) is 9.59 Å². The standard InChI is InChI=1S/C86H119N7O20Si/c1-49-56(8)103-80(53(5)72(49)99-43-61-33-23-18-24-34-61)110-74-51(3)70(90-92-87)84(107-66(74)46-97-59(11)94)113-79-58(10)105-82(55(7)77(79)101-45-63-37-27-20-28-38-63)111-75-52(4)71(91-93-88)85(108-67(75)47-98-60(12)95)112-78-57(9)104-81(54(6)76(78)100-44-62-35-25-19-26-36-62)109-73-50(2)69(89-16)83(96-17)106-68(73)48-102-114(86(13,14)15,64-39-29-21-30-40-64)65-41-31-22-32-42-65/h18-42,49-58,66-85,89H,43-48H2,1-17H3/t49-,50-,51-,52-,53?,54?,55?,56?,57?,58?,66?,67?,68?,69?,70?,71?,72-,73+,74+,75+,76+,77+,78+,79+,80+,81+,82+,83-,84+,85+/m1/s1. The van der Waals surface area contributed by atoms with Gasteiger partial charge < -0.3 is 90.3 Å². The summed E-state index contributed by atoms with van der Waals surface area (Å²) in [6.07, 6.45) is -16.7. The average Bonchev–Trinajstić information content (AvgIpc) is 0.744. The van der Waals surface area contributed by atoms with Crippen LogP contribution in [-0.4, -0.2) is 196 Å². The van der Waals surface area contributed by atoms with E-state index in [9.17, 15) is 20.7 Å². The van der Waals surface area contributed by atoms with E-state index in [-0.39, 0.29) is 74.1 Å². The van der Waals surface area contributed by atoms with Crippen LogP contribution in [0.25, 0.3) is 20.9 Å². The third kappa shape index (κ3) is 20.6. The Morgan fingerprint density at radius 2 is 0.746 bits per heavy atom. The van der Waals surface area contributed by atoms with Gasteiger partial charge in [-0.15, -0.1) is 0 Å². The highest BCUT2D eigenvalue weighted by Gasteiger charge is 2.58. The van der Waals surface area contributed by atoms with Crippen LogP contribution in [0, 0.1) is 41.4 Å². The van der Waals surface area contributed by atoms with Crippen molar-refractivity contribution in [2.24, 2.45) is 51.7 Å².